The Balaban J connectivity index is 2.21. The highest BCUT2D eigenvalue weighted by Gasteiger charge is 2.33. The summed E-state index contributed by atoms with van der Waals surface area (Å²) >= 11 is 5.82. The Hall–Kier alpha value is -1.00. The van der Waals surface area contributed by atoms with Crippen LogP contribution in [0, 0.1) is 0 Å². The maximum atomic E-state index is 9.47. The second-order valence-corrected chi connectivity index (χ2v) is 4.73. The van der Waals surface area contributed by atoms with Gasteiger partial charge < -0.3 is 16.2 Å². The van der Waals surface area contributed by atoms with Crippen LogP contribution in [-0.4, -0.2) is 22.2 Å². The third kappa shape index (κ3) is 2.23. The van der Waals surface area contributed by atoms with Gasteiger partial charge in [-0.15, -0.1) is 0 Å². The van der Waals surface area contributed by atoms with E-state index in [1.54, 1.807) is 12.1 Å². The SMILES string of the molecule is Nc1ccc(Cl)nc1NC1(CO)CCCC1. The Morgan fingerprint density at radius 2 is 2.12 bits per heavy atom. The topological polar surface area (TPSA) is 71.2 Å². The highest BCUT2D eigenvalue weighted by molar-refractivity contribution is 6.29. The smallest absolute Gasteiger partial charge is 0.151 e. The summed E-state index contributed by atoms with van der Waals surface area (Å²) in [6, 6.07) is 3.38. The quantitative estimate of drug-likeness (QED) is 0.709. The number of anilines is 2. The van der Waals surface area contributed by atoms with E-state index in [0.717, 1.165) is 25.7 Å². The van der Waals surface area contributed by atoms with E-state index in [0.29, 0.717) is 16.7 Å². The molecule has 0 unspecified atom stereocenters. The van der Waals surface area contributed by atoms with Gasteiger partial charge in [0.05, 0.1) is 17.8 Å². The molecule has 2 rings (SSSR count). The largest absolute Gasteiger partial charge is 0.396 e. The van der Waals surface area contributed by atoms with Crippen LogP contribution in [0.4, 0.5) is 11.5 Å². The minimum Gasteiger partial charge on any atom is -0.396 e. The third-order valence-corrected chi connectivity index (χ3v) is 3.35. The Morgan fingerprint density at radius 3 is 2.75 bits per heavy atom. The minimum absolute atomic E-state index is 0.0979. The van der Waals surface area contributed by atoms with E-state index in [1.165, 1.54) is 0 Å². The number of halogens is 1. The van der Waals surface area contributed by atoms with Crippen molar-refractivity contribution in [3.8, 4) is 0 Å². The van der Waals surface area contributed by atoms with Gasteiger partial charge in [0.15, 0.2) is 5.82 Å². The van der Waals surface area contributed by atoms with Crippen LogP contribution < -0.4 is 11.1 Å². The minimum atomic E-state index is -0.272. The highest BCUT2D eigenvalue weighted by atomic mass is 35.5. The number of aromatic nitrogens is 1. The van der Waals surface area contributed by atoms with Crippen molar-refractivity contribution in [3.63, 3.8) is 0 Å². The van der Waals surface area contributed by atoms with Crippen molar-refractivity contribution < 1.29 is 5.11 Å². The fourth-order valence-corrected chi connectivity index (χ4v) is 2.32. The number of rotatable bonds is 3. The molecule has 0 spiro atoms. The second-order valence-electron chi connectivity index (χ2n) is 4.34. The molecule has 0 aromatic carbocycles. The average molecular weight is 242 g/mol. The van der Waals surface area contributed by atoms with E-state index in [-0.39, 0.29) is 12.1 Å². The summed E-state index contributed by atoms with van der Waals surface area (Å²) in [6.45, 7) is 0.0979. The average Bonchev–Trinajstić information content (AvgIpc) is 2.73. The zero-order valence-electron chi connectivity index (χ0n) is 9.04. The first-order chi connectivity index (χ1) is 7.65. The van der Waals surface area contributed by atoms with Crippen molar-refractivity contribution in [3.05, 3.63) is 17.3 Å². The molecular weight excluding hydrogens is 226 g/mol. The summed E-state index contributed by atoms with van der Waals surface area (Å²) in [5.41, 5.74) is 6.10. The van der Waals surface area contributed by atoms with Crippen molar-refractivity contribution in [2.45, 2.75) is 31.2 Å². The molecule has 88 valence electrons. The molecule has 4 nitrogen and oxygen atoms in total. The molecule has 4 N–H and O–H groups in total. The lowest BCUT2D eigenvalue weighted by atomic mass is 9.99. The van der Waals surface area contributed by atoms with Gasteiger partial charge in [0.25, 0.3) is 0 Å². The number of aliphatic hydroxyl groups is 1. The zero-order chi connectivity index (χ0) is 11.6. The Labute approximate surface area is 99.8 Å². The Kier molecular flexibility index (Phi) is 3.21. The first-order valence-corrected chi connectivity index (χ1v) is 5.84. The van der Waals surface area contributed by atoms with Crippen LogP contribution in [0.2, 0.25) is 5.15 Å². The summed E-state index contributed by atoms with van der Waals surface area (Å²) in [5.74, 6) is 0.573. The van der Waals surface area contributed by atoms with Crippen molar-refractivity contribution in [1.82, 2.24) is 4.98 Å². The number of aliphatic hydroxyl groups excluding tert-OH is 1. The van der Waals surface area contributed by atoms with E-state index >= 15 is 0 Å². The molecule has 0 aliphatic heterocycles. The maximum absolute atomic E-state index is 9.47. The molecule has 0 saturated heterocycles. The molecule has 0 amide bonds. The number of nitrogens with zero attached hydrogens (tertiary/aromatic N) is 1. The van der Waals surface area contributed by atoms with Gasteiger partial charge in [-0.05, 0) is 25.0 Å². The lowest BCUT2D eigenvalue weighted by molar-refractivity contribution is 0.214. The first kappa shape index (κ1) is 11.5. The van der Waals surface area contributed by atoms with Gasteiger partial charge in [0, 0.05) is 0 Å². The second kappa shape index (κ2) is 4.47. The van der Waals surface area contributed by atoms with E-state index in [9.17, 15) is 5.11 Å². The van der Waals surface area contributed by atoms with E-state index in [4.69, 9.17) is 17.3 Å². The van der Waals surface area contributed by atoms with Gasteiger partial charge in [0.2, 0.25) is 0 Å². The van der Waals surface area contributed by atoms with Crippen LogP contribution in [0.25, 0.3) is 0 Å². The normalized spacial score (nSPS) is 18.6. The number of hydrogen-bond donors (Lipinski definition) is 3. The van der Waals surface area contributed by atoms with E-state index in [1.807, 2.05) is 0 Å². The van der Waals surface area contributed by atoms with Crippen molar-refractivity contribution in [1.29, 1.82) is 0 Å². The standard InChI is InChI=1S/C11H16ClN3O/c12-9-4-3-8(13)10(14-9)15-11(7-16)5-1-2-6-11/h3-4,16H,1-2,5-7,13H2,(H,14,15). The molecular formula is C11H16ClN3O. The fraction of sp³-hybridized carbons (Fsp3) is 0.545. The van der Waals surface area contributed by atoms with E-state index in [2.05, 4.69) is 10.3 Å². The van der Waals surface area contributed by atoms with Crippen molar-refractivity contribution >= 4 is 23.1 Å². The first-order valence-electron chi connectivity index (χ1n) is 5.46. The highest BCUT2D eigenvalue weighted by Crippen LogP contribution is 2.33. The summed E-state index contributed by atoms with van der Waals surface area (Å²) in [6.07, 6.45) is 4.12. The summed E-state index contributed by atoms with van der Waals surface area (Å²) in [5, 5.41) is 13.1. The van der Waals surface area contributed by atoms with Crippen LogP contribution in [0.15, 0.2) is 12.1 Å². The van der Waals surface area contributed by atoms with Gasteiger partial charge in [-0.25, -0.2) is 4.98 Å². The molecule has 0 bridgehead atoms. The molecule has 1 aliphatic rings. The number of pyridine rings is 1. The van der Waals surface area contributed by atoms with Crippen LogP contribution >= 0.6 is 11.6 Å². The molecule has 1 heterocycles. The molecule has 0 radical (unpaired) electrons. The van der Waals surface area contributed by atoms with Crippen LogP contribution in [0.5, 0.6) is 0 Å². The predicted molar refractivity (Wildman–Crippen MR) is 65.6 cm³/mol. The third-order valence-electron chi connectivity index (χ3n) is 3.14. The Morgan fingerprint density at radius 1 is 1.44 bits per heavy atom. The monoisotopic (exact) mass is 241 g/mol. The van der Waals surface area contributed by atoms with Crippen LogP contribution in [-0.2, 0) is 0 Å². The van der Waals surface area contributed by atoms with Gasteiger partial charge in [-0.3, -0.25) is 0 Å². The number of nitrogen functional groups attached to an aromatic ring is 1. The molecule has 1 aliphatic carbocycles. The number of hydrogen-bond acceptors (Lipinski definition) is 4. The van der Waals surface area contributed by atoms with Gasteiger partial charge in [-0.1, -0.05) is 24.4 Å². The van der Waals surface area contributed by atoms with Crippen molar-refractivity contribution in [2.75, 3.05) is 17.7 Å². The molecule has 1 fully saturated rings. The lowest BCUT2D eigenvalue weighted by Gasteiger charge is -2.29. The van der Waals surface area contributed by atoms with E-state index < -0.39 is 0 Å². The molecule has 5 heteroatoms. The molecule has 16 heavy (non-hydrogen) atoms. The molecule has 0 atom stereocenters. The van der Waals surface area contributed by atoms with Crippen molar-refractivity contribution in [2.24, 2.45) is 0 Å². The Bertz CT molecular complexity index is 377. The predicted octanol–water partition coefficient (Wildman–Crippen LogP) is 2.03. The molecule has 1 aromatic rings. The lowest BCUT2D eigenvalue weighted by Crippen LogP contribution is -2.39. The molecule has 1 saturated carbocycles. The van der Waals surface area contributed by atoms with Crippen LogP contribution in [0.3, 0.4) is 0 Å². The zero-order valence-corrected chi connectivity index (χ0v) is 9.80. The van der Waals surface area contributed by atoms with Gasteiger partial charge in [0.1, 0.15) is 5.15 Å². The van der Waals surface area contributed by atoms with Gasteiger partial charge in [-0.2, -0.15) is 0 Å². The maximum Gasteiger partial charge on any atom is 0.151 e. The van der Waals surface area contributed by atoms with Crippen LogP contribution in [0.1, 0.15) is 25.7 Å². The number of nitrogens with two attached hydrogens (primary N) is 1. The summed E-state index contributed by atoms with van der Waals surface area (Å²) in [7, 11) is 0. The summed E-state index contributed by atoms with van der Waals surface area (Å²) in [4.78, 5) is 4.15. The molecule has 1 aromatic heterocycles. The number of nitrogens with one attached hydrogen (secondary N) is 1. The fourth-order valence-electron chi connectivity index (χ4n) is 2.17. The summed E-state index contributed by atoms with van der Waals surface area (Å²) < 4.78 is 0. The van der Waals surface area contributed by atoms with Gasteiger partial charge >= 0.3 is 0 Å².